The first-order valence-electron chi connectivity index (χ1n) is 7.94. The van der Waals surface area contributed by atoms with Crippen molar-refractivity contribution in [1.82, 2.24) is 10.2 Å². The molecule has 1 amide bonds. The summed E-state index contributed by atoms with van der Waals surface area (Å²) in [5.74, 6) is 0.0835. The van der Waals surface area contributed by atoms with E-state index in [4.69, 9.17) is 0 Å². The van der Waals surface area contributed by atoms with Gasteiger partial charge < -0.3 is 5.32 Å². The van der Waals surface area contributed by atoms with Crippen molar-refractivity contribution >= 4 is 18.3 Å². The van der Waals surface area contributed by atoms with Gasteiger partial charge in [-0.2, -0.15) is 0 Å². The molecule has 0 bridgehead atoms. The number of carbonyl (C=O) groups excluding carboxylic acids is 1. The second-order valence-corrected chi connectivity index (χ2v) is 5.64. The van der Waals surface area contributed by atoms with E-state index in [9.17, 15) is 4.79 Å². The highest BCUT2D eigenvalue weighted by molar-refractivity contribution is 5.85. The Morgan fingerprint density at radius 1 is 0.957 bits per heavy atom. The van der Waals surface area contributed by atoms with E-state index < -0.39 is 0 Å². The molecular formula is C19H23ClN2O. The zero-order valence-electron chi connectivity index (χ0n) is 13.6. The molecule has 0 heterocycles. The van der Waals surface area contributed by atoms with Gasteiger partial charge in [-0.25, -0.2) is 0 Å². The molecule has 0 atom stereocenters. The number of hydrogen-bond donors (Lipinski definition) is 1. The predicted octanol–water partition coefficient (Wildman–Crippen LogP) is 3.64. The van der Waals surface area contributed by atoms with Crippen LogP contribution < -0.4 is 5.32 Å². The molecule has 2 aromatic rings. The third kappa shape index (κ3) is 3.41. The van der Waals surface area contributed by atoms with Gasteiger partial charge in [0.15, 0.2) is 0 Å². The maximum atomic E-state index is 12.4. The molecule has 3 nitrogen and oxygen atoms in total. The summed E-state index contributed by atoms with van der Waals surface area (Å²) in [6.45, 7) is 6.39. The van der Waals surface area contributed by atoms with Crippen LogP contribution in [0.3, 0.4) is 0 Å². The first-order chi connectivity index (χ1) is 10.7. The molecule has 0 aliphatic heterocycles. The highest BCUT2D eigenvalue weighted by Gasteiger charge is 2.29. The minimum absolute atomic E-state index is 0. The SMILES string of the molecule is CCN(CC)CC(=O)NC1c2ccccc2-c2ccccc21.Cl. The lowest BCUT2D eigenvalue weighted by Crippen LogP contribution is -2.38. The van der Waals surface area contributed by atoms with Crippen molar-refractivity contribution in [3.63, 3.8) is 0 Å². The van der Waals surface area contributed by atoms with E-state index in [2.05, 4.69) is 60.5 Å². The fourth-order valence-electron chi connectivity index (χ4n) is 3.17. The molecule has 0 aromatic heterocycles. The Labute approximate surface area is 144 Å². The molecule has 0 spiro atoms. The number of likely N-dealkylation sites (N-methyl/N-ethyl adjacent to an activating group) is 1. The Morgan fingerprint density at radius 2 is 1.43 bits per heavy atom. The molecule has 23 heavy (non-hydrogen) atoms. The Morgan fingerprint density at radius 3 is 1.91 bits per heavy atom. The minimum atomic E-state index is -0.0320. The second kappa shape index (κ2) is 7.62. The summed E-state index contributed by atoms with van der Waals surface area (Å²) < 4.78 is 0. The first-order valence-corrected chi connectivity index (χ1v) is 7.94. The van der Waals surface area contributed by atoms with Crippen molar-refractivity contribution in [2.75, 3.05) is 19.6 Å². The Bertz CT molecular complexity index is 637. The van der Waals surface area contributed by atoms with Crippen molar-refractivity contribution in [1.29, 1.82) is 0 Å². The number of nitrogens with one attached hydrogen (secondary N) is 1. The lowest BCUT2D eigenvalue weighted by atomic mass is 10.1. The first kappa shape index (κ1) is 17.5. The number of amides is 1. The number of nitrogens with zero attached hydrogens (tertiary/aromatic N) is 1. The molecule has 122 valence electrons. The number of rotatable bonds is 5. The van der Waals surface area contributed by atoms with Gasteiger partial charge >= 0.3 is 0 Å². The maximum Gasteiger partial charge on any atom is 0.234 e. The van der Waals surface area contributed by atoms with Gasteiger partial charge in [0, 0.05) is 0 Å². The van der Waals surface area contributed by atoms with E-state index in [-0.39, 0.29) is 24.4 Å². The van der Waals surface area contributed by atoms with Crippen LogP contribution in [0.1, 0.15) is 31.0 Å². The second-order valence-electron chi connectivity index (χ2n) is 5.64. The molecule has 1 N–H and O–H groups in total. The van der Waals surface area contributed by atoms with Crippen molar-refractivity contribution < 1.29 is 4.79 Å². The molecule has 2 aromatic carbocycles. The molecular weight excluding hydrogens is 308 g/mol. The van der Waals surface area contributed by atoms with E-state index in [1.807, 2.05) is 12.1 Å². The standard InChI is InChI=1S/C19H22N2O.ClH/c1-3-21(4-2)13-18(22)20-19-16-11-7-5-9-14(16)15-10-6-8-12-17(15)19;/h5-12,19H,3-4,13H2,1-2H3,(H,20,22);1H. The smallest absolute Gasteiger partial charge is 0.234 e. The Balaban J connectivity index is 0.00000192. The van der Waals surface area contributed by atoms with Crippen LogP contribution in [0.25, 0.3) is 11.1 Å². The Hall–Kier alpha value is -1.84. The highest BCUT2D eigenvalue weighted by atomic mass is 35.5. The quantitative estimate of drug-likeness (QED) is 0.907. The lowest BCUT2D eigenvalue weighted by molar-refractivity contribution is -0.122. The van der Waals surface area contributed by atoms with E-state index in [0.717, 1.165) is 13.1 Å². The van der Waals surface area contributed by atoms with Gasteiger partial charge in [-0.3, -0.25) is 9.69 Å². The summed E-state index contributed by atoms with van der Waals surface area (Å²) in [6, 6.07) is 16.6. The summed E-state index contributed by atoms with van der Waals surface area (Å²) >= 11 is 0. The molecule has 0 fully saturated rings. The van der Waals surface area contributed by atoms with Gasteiger partial charge in [-0.15, -0.1) is 12.4 Å². The topological polar surface area (TPSA) is 32.3 Å². The van der Waals surface area contributed by atoms with Crippen LogP contribution in [0.15, 0.2) is 48.5 Å². The highest BCUT2D eigenvalue weighted by Crippen LogP contribution is 2.42. The summed E-state index contributed by atoms with van der Waals surface area (Å²) in [4.78, 5) is 14.5. The maximum absolute atomic E-state index is 12.4. The van der Waals surface area contributed by atoms with Crippen LogP contribution in [0, 0.1) is 0 Å². The lowest BCUT2D eigenvalue weighted by Gasteiger charge is -2.20. The van der Waals surface area contributed by atoms with E-state index in [1.54, 1.807) is 0 Å². The summed E-state index contributed by atoms with van der Waals surface area (Å²) in [5, 5.41) is 3.21. The predicted molar refractivity (Wildman–Crippen MR) is 96.9 cm³/mol. The molecule has 1 aliphatic rings. The van der Waals surface area contributed by atoms with Gasteiger partial charge in [0.1, 0.15) is 0 Å². The van der Waals surface area contributed by atoms with Crippen molar-refractivity contribution in [2.24, 2.45) is 0 Å². The average molecular weight is 331 g/mol. The van der Waals surface area contributed by atoms with Gasteiger partial charge in [0.05, 0.1) is 12.6 Å². The molecule has 0 saturated heterocycles. The average Bonchev–Trinajstić information content (AvgIpc) is 2.87. The molecule has 3 rings (SSSR count). The molecule has 1 aliphatic carbocycles. The molecule has 0 radical (unpaired) electrons. The number of carbonyl (C=O) groups is 1. The minimum Gasteiger partial charge on any atom is -0.344 e. The number of halogens is 1. The third-order valence-electron chi connectivity index (χ3n) is 4.40. The van der Waals surface area contributed by atoms with Crippen LogP contribution in [-0.2, 0) is 4.79 Å². The number of hydrogen-bond acceptors (Lipinski definition) is 2. The van der Waals surface area contributed by atoms with Gasteiger partial charge in [0.25, 0.3) is 0 Å². The number of benzene rings is 2. The van der Waals surface area contributed by atoms with E-state index in [0.29, 0.717) is 6.54 Å². The zero-order valence-corrected chi connectivity index (χ0v) is 14.4. The van der Waals surface area contributed by atoms with Crippen molar-refractivity contribution in [3.8, 4) is 11.1 Å². The fraction of sp³-hybridized carbons (Fsp3) is 0.316. The van der Waals surface area contributed by atoms with Crippen LogP contribution in [0.4, 0.5) is 0 Å². The van der Waals surface area contributed by atoms with Crippen LogP contribution >= 0.6 is 12.4 Å². The summed E-state index contributed by atoms with van der Waals surface area (Å²) in [6.07, 6.45) is 0. The summed E-state index contributed by atoms with van der Waals surface area (Å²) in [5.41, 5.74) is 4.84. The van der Waals surface area contributed by atoms with Crippen LogP contribution in [0.2, 0.25) is 0 Å². The molecule has 0 saturated carbocycles. The monoisotopic (exact) mass is 330 g/mol. The van der Waals surface area contributed by atoms with Crippen molar-refractivity contribution in [3.05, 3.63) is 59.7 Å². The van der Waals surface area contributed by atoms with Crippen LogP contribution in [-0.4, -0.2) is 30.4 Å². The Kier molecular flexibility index (Phi) is 5.80. The molecule has 4 heteroatoms. The normalized spacial score (nSPS) is 12.5. The van der Waals surface area contributed by atoms with Crippen LogP contribution in [0.5, 0.6) is 0 Å². The van der Waals surface area contributed by atoms with Gasteiger partial charge in [0.2, 0.25) is 5.91 Å². The number of fused-ring (bicyclic) bond motifs is 3. The zero-order chi connectivity index (χ0) is 15.5. The summed E-state index contributed by atoms with van der Waals surface area (Å²) in [7, 11) is 0. The van der Waals surface area contributed by atoms with Gasteiger partial charge in [-0.05, 0) is 35.3 Å². The van der Waals surface area contributed by atoms with E-state index in [1.165, 1.54) is 22.3 Å². The largest absolute Gasteiger partial charge is 0.344 e. The van der Waals surface area contributed by atoms with E-state index >= 15 is 0 Å². The van der Waals surface area contributed by atoms with Crippen molar-refractivity contribution in [2.45, 2.75) is 19.9 Å². The molecule has 0 unspecified atom stereocenters. The van der Waals surface area contributed by atoms with Gasteiger partial charge in [-0.1, -0.05) is 62.4 Å². The fourth-order valence-corrected chi connectivity index (χ4v) is 3.17. The third-order valence-corrected chi connectivity index (χ3v) is 4.40.